The molecular weight excluding hydrogens is 276 g/mol. The Bertz CT molecular complexity index is 764. The van der Waals surface area contributed by atoms with Gasteiger partial charge in [-0.05, 0) is 19.1 Å². The van der Waals surface area contributed by atoms with Crippen LogP contribution in [0, 0.1) is 0 Å². The highest BCUT2D eigenvalue weighted by molar-refractivity contribution is 6.27. The minimum absolute atomic E-state index is 0.157. The molecule has 4 heteroatoms. The van der Waals surface area contributed by atoms with E-state index in [4.69, 9.17) is 0 Å². The second-order valence-corrected chi connectivity index (χ2v) is 4.98. The fourth-order valence-corrected chi connectivity index (χ4v) is 2.51. The van der Waals surface area contributed by atoms with E-state index in [1.807, 2.05) is 37.3 Å². The summed E-state index contributed by atoms with van der Waals surface area (Å²) in [5.74, 6) is -0.328. The molecule has 0 saturated heterocycles. The van der Waals surface area contributed by atoms with Gasteiger partial charge in [0, 0.05) is 23.4 Å². The summed E-state index contributed by atoms with van der Waals surface area (Å²) < 4.78 is 0. The molecule has 0 atom stereocenters. The van der Waals surface area contributed by atoms with Crippen LogP contribution in [0.1, 0.15) is 27.6 Å². The lowest BCUT2D eigenvalue weighted by Crippen LogP contribution is -2.33. The van der Waals surface area contributed by atoms with Crippen molar-refractivity contribution in [2.45, 2.75) is 6.92 Å². The van der Waals surface area contributed by atoms with E-state index in [9.17, 15) is 9.59 Å². The van der Waals surface area contributed by atoms with Crippen molar-refractivity contribution in [1.29, 1.82) is 0 Å². The molecule has 0 bridgehead atoms. The summed E-state index contributed by atoms with van der Waals surface area (Å²) in [7, 11) is 0. The lowest BCUT2D eigenvalue weighted by molar-refractivity contribution is 0.0970. The van der Waals surface area contributed by atoms with Gasteiger partial charge in [-0.2, -0.15) is 0 Å². The van der Waals surface area contributed by atoms with Crippen molar-refractivity contribution >= 4 is 17.3 Å². The normalized spacial score (nSPS) is 13.9. The third-order valence-electron chi connectivity index (χ3n) is 3.52. The molecule has 3 rings (SSSR count). The lowest BCUT2D eigenvalue weighted by atomic mass is 9.90. The molecule has 0 unspecified atom stereocenters. The number of nitrogens with one attached hydrogen (secondary N) is 2. The molecule has 1 aliphatic carbocycles. The molecule has 0 aromatic heterocycles. The van der Waals surface area contributed by atoms with Crippen molar-refractivity contribution in [3.8, 4) is 0 Å². The SMILES string of the molecule is CCNC1=C(Nc2ccccc2)C(=O)c2ccccc2C1=O. The van der Waals surface area contributed by atoms with E-state index in [0.29, 0.717) is 29.1 Å². The predicted octanol–water partition coefficient (Wildman–Crippen LogP) is 3.00. The number of benzene rings is 2. The summed E-state index contributed by atoms with van der Waals surface area (Å²) in [5.41, 5.74) is 2.29. The van der Waals surface area contributed by atoms with Crippen molar-refractivity contribution in [3.05, 3.63) is 77.1 Å². The van der Waals surface area contributed by atoms with Crippen molar-refractivity contribution in [2.24, 2.45) is 0 Å². The number of para-hydroxylation sites is 1. The zero-order chi connectivity index (χ0) is 15.5. The van der Waals surface area contributed by atoms with Crippen molar-refractivity contribution < 1.29 is 9.59 Å². The highest BCUT2D eigenvalue weighted by Crippen LogP contribution is 2.26. The largest absolute Gasteiger partial charge is 0.380 e. The van der Waals surface area contributed by atoms with E-state index >= 15 is 0 Å². The number of hydrogen-bond donors (Lipinski definition) is 2. The zero-order valence-corrected chi connectivity index (χ0v) is 12.2. The number of ketones is 2. The molecule has 0 spiro atoms. The molecule has 1 aliphatic rings. The smallest absolute Gasteiger partial charge is 0.212 e. The minimum Gasteiger partial charge on any atom is -0.380 e. The van der Waals surface area contributed by atoms with E-state index in [1.54, 1.807) is 24.3 Å². The quantitative estimate of drug-likeness (QED) is 0.909. The molecule has 0 saturated carbocycles. The number of fused-ring (bicyclic) bond motifs is 1. The van der Waals surface area contributed by atoms with Crippen LogP contribution in [-0.2, 0) is 0 Å². The van der Waals surface area contributed by atoms with Gasteiger partial charge < -0.3 is 10.6 Å². The Kier molecular flexibility index (Phi) is 3.74. The molecule has 0 amide bonds. The van der Waals surface area contributed by atoms with Crippen molar-refractivity contribution in [1.82, 2.24) is 5.32 Å². The summed E-state index contributed by atoms with van der Waals surface area (Å²) in [6.07, 6.45) is 0. The van der Waals surface area contributed by atoms with Crippen LogP contribution in [0.15, 0.2) is 66.0 Å². The first-order chi connectivity index (χ1) is 10.7. The third kappa shape index (κ3) is 2.39. The number of hydrogen-bond acceptors (Lipinski definition) is 4. The number of rotatable bonds is 4. The average molecular weight is 292 g/mol. The summed E-state index contributed by atoms with van der Waals surface area (Å²) in [4.78, 5) is 25.4. The number of likely N-dealkylation sites (N-methyl/N-ethyl adjacent to an activating group) is 1. The summed E-state index contributed by atoms with van der Waals surface area (Å²) in [6.45, 7) is 2.46. The van der Waals surface area contributed by atoms with E-state index < -0.39 is 0 Å². The summed E-state index contributed by atoms with van der Waals surface area (Å²) >= 11 is 0. The number of allylic oxidation sites excluding steroid dienone is 2. The number of carbonyl (C=O) groups excluding carboxylic acids is 2. The second-order valence-electron chi connectivity index (χ2n) is 4.98. The third-order valence-corrected chi connectivity index (χ3v) is 3.52. The van der Waals surface area contributed by atoms with Crippen LogP contribution >= 0.6 is 0 Å². The molecule has 2 aromatic carbocycles. The Morgan fingerprint density at radius 3 is 1.91 bits per heavy atom. The molecule has 2 N–H and O–H groups in total. The molecule has 0 fully saturated rings. The number of anilines is 1. The lowest BCUT2D eigenvalue weighted by Gasteiger charge is -2.22. The van der Waals surface area contributed by atoms with Crippen molar-refractivity contribution in [2.75, 3.05) is 11.9 Å². The molecule has 0 heterocycles. The standard InChI is InChI=1S/C18H16N2O2/c1-2-19-15-16(20-12-8-4-3-5-9-12)18(22)14-11-7-6-10-13(14)17(15)21/h3-11,19-20H,2H2,1H3. The predicted molar refractivity (Wildman–Crippen MR) is 85.9 cm³/mol. The van der Waals surface area contributed by atoms with Gasteiger partial charge in [0.1, 0.15) is 11.4 Å². The summed E-state index contributed by atoms with van der Waals surface area (Å²) in [5, 5.41) is 6.11. The minimum atomic E-state index is -0.171. The number of carbonyl (C=O) groups is 2. The Hall–Kier alpha value is -2.88. The Morgan fingerprint density at radius 1 is 0.773 bits per heavy atom. The maximum atomic E-state index is 12.7. The van der Waals surface area contributed by atoms with Crippen LogP contribution in [0.3, 0.4) is 0 Å². The molecule has 0 radical (unpaired) electrons. The van der Waals surface area contributed by atoms with Crippen LogP contribution in [0.4, 0.5) is 5.69 Å². The van der Waals surface area contributed by atoms with Gasteiger partial charge >= 0.3 is 0 Å². The topological polar surface area (TPSA) is 58.2 Å². The van der Waals surface area contributed by atoms with Gasteiger partial charge in [-0.1, -0.05) is 42.5 Å². The molecule has 110 valence electrons. The first kappa shape index (κ1) is 14.1. The van der Waals surface area contributed by atoms with Gasteiger partial charge in [0.15, 0.2) is 0 Å². The van der Waals surface area contributed by atoms with Crippen LogP contribution in [0.5, 0.6) is 0 Å². The Morgan fingerprint density at radius 2 is 1.32 bits per heavy atom. The van der Waals surface area contributed by atoms with Gasteiger partial charge in [-0.3, -0.25) is 9.59 Å². The van der Waals surface area contributed by atoms with Gasteiger partial charge in [0.2, 0.25) is 11.6 Å². The Balaban J connectivity index is 2.09. The highest BCUT2D eigenvalue weighted by atomic mass is 16.1. The van der Waals surface area contributed by atoms with E-state index in [1.165, 1.54) is 0 Å². The van der Waals surface area contributed by atoms with Gasteiger partial charge in [-0.25, -0.2) is 0 Å². The maximum Gasteiger partial charge on any atom is 0.212 e. The van der Waals surface area contributed by atoms with Gasteiger partial charge in [-0.15, -0.1) is 0 Å². The van der Waals surface area contributed by atoms with Crippen LogP contribution < -0.4 is 10.6 Å². The molecule has 22 heavy (non-hydrogen) atoms. The zero-order valence-electron chi connectivity index (χ0n) is 12.2. The van der Waals surface area contributed by atoms with E-state index in [0.717, 1.165) is 5.69 Å². The highest BCUT2D eigenvalue weighted by Gasteiger charge is 2.31. The van der Waals surface area contributed by atoms with Gasteiger partial charge in [0.25, 0.3) is 0 Å². The fraction of sp³-hybridized carbons (Fsp3) is 0.111. The molecule has 2 aromatic rings. The molecular formula is C18H16N2O2. The first-order valence-corrected chi connectivity index (χ1v) is 7.21. The van der Waals surface area contributed by atoms with Crippen LogP contribution in [0.25, 0.3) is 0 Å². The van der Waals surface area contributed by atoms with E-state index in [2.05, 4.69) is 10.6 Å². The first-order valence-electron chi connectivity index (χ1n) is 7.21. The second kappa shape index (κ2) is 5.85. The maximum absolute atomic E-state index is 12.7. The van der Waals surface area contributed by atoms with Gasteiger partial charge in [0.05, 0.1) is 0 Å². The average Bonchev–Trinajstić information content (AvgIpc) is 2.57. The Labute approximate surface area is 128 Å². The monoisotopic (exact) mass is 292 g/mol. The van der Waals surface area contributed by atoms with Crippen LogP contribution in [-0.4, -0.2) is 18.1 Å². The molecule has 4 nitrogen and oxygen atoms in total. The molecule has 0 aliphatic heterocycles. The summed E-state index contributed by atoms with van der Waals surface area (Å²) in [6, 6.07) is 16.3. The number of Topliss-reactive ketones (excluding diaryl/α,β-unsaturated/α-hetero) is 2. The van der Waals surface area contributed by atoms with E-state index in [-0.39, 0.29) is 11.6 Å². The van der Waals surface area contributed by atoms with Crippen molar-refractivity contribution in [3.63, 3.8) is 0 Å². The fourth-order valence-electron chi connectivity index (χ4n) is 2.51. The van der Waals surface area contributed by atoms with Crippen LogP contribution in [0.2, 0.25) is 0 Å².